The molecular weight excluding hydrogens is 505 g/mol. The van der Waals surface area contributed by atoms with Crippen LogP contribution >= 0.6 is 68.2 Å². The highest BCUT2D eigenvalue weighted by Crippen LogP contribution is 2.53. The predicted octanol–water partition coefficient (Wildman–Crippen LogP) is 5.17. The van der Waals surface area contributed by atoms with Gasteiger partial charge >= 0.3 is 0 Å². The lowest BCUT2D eigenvalue weighted by Gasteiger charge is -2.33. The highest BCUT2D eigenvalue weighted by molar-refractivity contribution is 8.57. The third-order valence-electron chi connectivity index (χ3n) is 4.11. The number of hydrogen-bond donors (Lipinski definition) is 0. The first-order valence-corrected chi connectivity index (χ1v) is 15.0. The van der Waals surface area contributed by atoms with E-state index in [2.05, 4.69) is 4.99 Å². The van der Waals surface area contributed by atoms with Crippen LogP contribution in [-0.2, 0) is 9.84 Å². The van der Waals surface area contributed by atoms with E-state index in [1.807, 2.05) is 18.7 Å². The van der Waals surface area contributed by atoms with Crippen LogP contribution in [0.3, 0.4) is 0 Å². The number of aliphatic imine (C=N–C) groups is 1. The third-order valence-corrected chi connectivity index (χ3v) is 11.9. The fourth-order valence-corrected chi connectivity index (χ4v) is 10.2. The van der Waals surface area contributed by atoms with Crippen molar-refractivity contribution in [3.8, 4) is 0 Å². The fourth-order valence-electron chi connectivity index (χ4n) is 2.67. The van der Waals surface area contributed by atoms with Gasteiger partial charge in [-0.3, -0.25) is 9.79 Å². The summed E-state index contributed by atoms with van der Waals surface area (Å²) < 4.78 is 28.3. The Bertz CT molecular complexity index is 1200. The van der Waals surface area contributed by atoms with Gasteiger partial charge in [0.25, 0.3) is 4.74 Å². The molecule has 0 aliphatic carbocycles. The predicted molar refractivity (Wildman–Crippen MR) is 133 cm³/mol. The second-order valence-corrected chi connectivity index (χ2v) is 14.6. The number of sulfone groups is 1. The van der Waals surface area contributed by atoms with Crippen molar-refractivity contribution in [2.75, 3.05) is 17.3 Å². The Labute approximate surface area is 194 Å². The lowest BCUT2D eigenvalue weighted by molar-refractivity contribution is 0.596. The topological polar surface area (TPSA) is 66.8 Å². The summed E-state index contributed by atoms with van der Waals surface area (Å²) in [6.45, 7) is 4.54. The zero-order chi connectivity index (χ0) is 20.8. The number of benzene rings is 1. The van der Waals surface area contributed by atoms with Crippen molar-refractivity contribution in [2.24, 2.45) is 4.99 Å². The number of fused-ring (bicyclic) bond motifs is 1. The molecule has 2 aliphatic heterocycles. The zero-order valence-electron chi connectivity index (χ0n) is 15.2. The average molecular weight is 519 g/mol. The van der Waals surface area contributed by atoms with Crippen LogP contribution in [0.1, 0.15) is 12.5 Å². The molecule has 3 heterocycles. The monoisotopic (exact) mass is 518 g/mol. The molecule has 0 spiro atoms. The minimum Gasteiger partial charge on any atom is -0.333 e. The number of anilines is 1. The summed E-state index contributed by atoms with van der Waals surface area (Å²) in [4.78, 5) is 18.8. The van der Waals surface area contributed by atoms with Crippen molar-refractivity contribution in [3.05, 3.63) is 49.3 Å². The molecule has 1 aromatic carbocycles. The molecule has 1 fully saturated rings. The Kier molecular flexibility index (Phi) is 6.32. The van der Waals surface area contributed by atoms with E-state index in [9.17, 15) is 13.2 Å². The molecule has 2 aromatic rings. The molecule has 5 nitrogen and oxygen atoms in total. The van der Waals surface area contributed by atoms with Crippen molar-refractivity contribution >= 4 is 92.3 Å². The van der Waals surface area contributed by atoms with Gasteiger partial charge in [0.15, 0.2) is 9.84 Å². The van der Waals surface area contributed by atoms with Gasteiger partial charge in [-0.2, -0.15) is 0 Å². The first-order valence-electron chi connectivity index (χ1n) is 8.37. The SMILES string of the molecule is CCN1C(=C2SC(=NCS(=O)(=O)c3ccc(C)cc3)S2)C(=S)Sc2ssc(=O)c21. The molecule has 12 heteroatoms. The largest absolute Gasteiger partial charge is 0.333 e. The molecular formula is C17H14N2O3S7. The van der Waals surface area contributed by atoms with E-state index in [1.54, 1.807) is 24.3 Å². The first kappa shape index (κ1) is 21.6. The van der Waals surface area contributed by atoms with Crippen molar-refractivity contribution in [1.82, 2.24) is 0 Å². The summed E-state index contributed by atoms with van der Waals surface area (Å²) in [6, 6.07) is 6.77. The number of aryl methyl sites for hydroxylation is 1. The Hall–Kier alpha value is -0.630. The molecule has 0 amide bonds. The molecule has 0 saturated carbocycles. The average Bonchev–Trinajstić information content (AvgIpc) is 3.01. The summed E-state index contributed by atoms with van der Waals surface area (Å²) in [7, 11) is -0.775. The van der Waals surface area contributed by atoms with E-state index in [0.717, 1.165) is 23.9 Å². The summed E-state index contributed by atoms with van der Waals surface area (Å²) in [5.41, 5.74) is 2.57. The zero-order valence-corrected chi connectivity index (χ0v) is 20.9. The maximum Gasteiger partial charge on any atom is 0.267 e. The van der Waals surface area contributed by atoms with E-state index in [1.165, 1.54) is 56.0 Å². The second-order valence-electron chi connectivity index (χ2n) is 6.05. The molecule has 0 atom stereocenters. The summed E-state index contributed by atoms with van der Waals surface area (Å²) in [5.74, 6) is -0.286. The van der Waals surface area contributed by atoms with Crippen molar-refractivity contribution in [1.29, 1.82) is 0 Å². The standard InChI is InChI=1S/C17H14N2O3S7/c1-3-19-11-13(20)27-28-16(11)24-14(23)12(19)15-25-17(26-15)18-8-29(21,22)10-6-4-9(2)5-7-10/h4-7H,3,8H2,1-2H3. The molecule has 0 bridgehead atoms. The third kappa shape index (κ3) is 4.25. The summed E-state index contributed by atoms with van der Waals surface area (Å²) >= 11 is 9.86. The molecule has 4 rings (SSSR count). The number of thiocarbonyl (C=S) groups is 1. The lowest BCUT2D eigenvalue weighted by atomic mass is 10.2. The van der Waals surface area contributed by atoms with Gasteiger partial charge < -0.3 is 4.90 Å². The molecule has 2 aliphatic rings. The first-order chi connectivity index (χ1) is 13.8. The van der Waals surface area contributed by atoms with Gasteiger partial charge in [-0.15, -0.1) is 0 Å². The van der Waals surface area contributed by atoms with E-state index >= 15 is 0 Å². The van der Waals surface area contributed by atoms with Crippen molar-refractivity contribution in [2.45, 2.75) is 23.0 Å². The van der Waals surface area contributed by atoms with Crippen LogP contribution in [0, 0.1) is 6.92 Å². The van der Waals surface area contributed by atoms with Crippen LogP contribution in [0.15, 0.2) is 53.1 Å². The van der Waals surface area contributed by atoms with Gasteiger partial charge in [0.05, 0.1) is 14.8 Å². The normalized spacial score (nSPS) is 16.7. The Balaban J connectivity index is 1.53. The minimum atomic E-state index is -3.46. The van der Waals surface area contributed by atoms with Gasteiger partial charge in [-0.25, -0.2) is 8.42 Å². The van der Waals surface area contributed by atoms with Crippen molar-refractivity contribution < 1.29 is 8.42 Å². The summed E-state index contributed by atoms with van der Waals surface area (Å²) in [5, 5.41) is 0. The van der Waals surface area contributed by atoms with Gasteiger partial charge in [0, 0.05) is 6.54 Å². The molecule has 1 saturated heterocycles. The number of nitrogens with zero attached hydrogens (tertiary/aromatic N) is 2. The summed E-state index contributed by atoms with van der Waals surface area (Å²) in [6.07, 6.45) is 0. The molecule has 0 unspecified atom stereocenters. The molecule has 1 aromatic heterocycles. The smallest absolute Gasteiger partial charge is 0.267 e. The highest BCUT2D eigenvalue weighted by Gasteiger charge is 2.36. The van der Waals surface area contributed by atoms with Gasteiger partial charge in [-0.1, -0.05) is 75.5 Å². The fraction of sp³-hybridized carbons (Fsp3) is 0.235. The van der Waals surface area contributed by atoms with Crippen LogP contribution in [0.25, 0.3) is 0 Å². The van der Waals surface area contributed by atoms with E-state index in [4.69, 9.17) is 12.2 Å². The van der Waals surface area contributed by atoms with Crippen molar-refractivity contribution in [3.63, 3.8) is 0 Å². The Morgan fingerprint density at radius 1 is 1.10 bits per heavy atom. The maximum absolute atomic E-state index is 12.5. The van der Waals surface area contributed by atoms with E-state index in [0.29, 0.717) is 16.6 Å². The van der Waals surface area contributed by atoms with Crippen LogP contribution in [0.4, 0.5) is 5.69 Å². The quantitative estimate of drug-likeness (QED) is 0.312. The van der Waals surface area contributed by atoms with Crippen LogP contribution in [0.2, 0.25) is 0 Å². The lowest BCUT2D eigenvalue weighted by Crippen LogP contribution is -2.33. The number of rotatable bonds is 4. The van der Waals surface area contributed by atoms with E-state index < -0.39 is 9.84 Å². The second kappa shape index (κ2) is 8.48. The number of hydrogen-bond acceptors (Lipinski definition) is 11. The Morgan fingerprint density at radius 3 is 2.45 bits per heavy atom. The van der Waals surface area contributed by atoms with Gasteiger partial charge in [-0.05, 0) is 36.3 Å². The maximum atomic E-state index is 12.5. The molecule has 0 N–H and O–H groups in total. The van der Waals surface area contributed by atoms with Gasteiger partial charge in [0.1, 0.15) is 24.3 Å². The molecule has 0 radical (unpaired) electrons. The minimum absolute atomic E-state index is 0.0485. The highest BCUT2D eigenvalue weighted by atomic mass is 32.9. The Morgan fingerprint density at radius 2 is 1.79 bits per heavy atom. The number of thioether (sulfide) groups is 3. The van der Waals surface area contributed by atoms with E-state index in [-0.39, 0.29) is 15.5 Å². The van der Waals surface area contributed by atoms with Crippen LogP contribution in [-0.4, -0.2) is 29.4 Å². The molecule has 152 valence electrons. The molecule has 29 heavy (non-hydrogen) atoms. The van der Waals surface area contributed by atoms with Crippen LogP contribution in [0.5, 0.6) is 0 Å². The van der Waals surface area contributed by atoms with Gasteiger partial charge in [0.2, 0.25) is 0 Å². The van der Waals surface area contributed by atoms with Crippen LogP contribution < -0.4 is 9.64 Å².